The highest BCUT2D eigenvalue weighted by Gasteiger charge is 2.33. The zero-order chi connectivity index (χ0) is 17.6. The van der Waals surface area contributed by atoms with Gasteiger partial charge in [0, 0.05) is 33.7 Å². The van der Waals surface area contributed by atoms with Crippen molar-refractivity contribution >= 4 is 16.1 Å². The summed E-state index contributed by atoms with van der Waals surface area (Å²) in [5, 5.41) is 2.95. The van der Waals surface area contributed by atoms with E-state index < -0.39 is 10.2 Å². The second-order valence-corrected chi connectivity index (χ2v) is 8.51. The molecule has 1 N–H and O–H groups in total. The summed E-state index contributed by atoms with van der Waals surface area (Å²) >= 11 is 0. The quantitative estimate of drug-likeness (QED) is 0.750. The zero-order valence-corrected chi connectivity index (χ0v) is 15.3. The van der Waals surface area contributed by atoms with Gasteiger partial charge >= 0.3 is 0 Å². The molecule has 1 heterocycles. The predicted octanol–water partition coefficient (Wildman–Crippen LogP) is 1.25. The van der Waals surface area contributed by atoms with Crippen molar-refractivity contribution in [1.29, 1.82) is 0 Å². The van der Waals surface area contributed by atoms with Gasteiger partial charge in [0.2, 0.25) is 5.91 Å². The van der Waals surface area contributed by atoms with Gasteiger partial charge in [0.15, 0.2) is 0 Å². The molecule has 1 atom stereocenters. The molecule has 0 aromatic heterocycles. The number of carbonyl (C=O) groups is 1. The van der Waals surface area contributed by atoms with Gasteiger partial charge in [-0.1, -0.05) is 30.3 Å². The summed E-state index contributed by atoms with van der Waals surface area (Å²) in [5.74, 6) is -0.299. The molecule has 24 heavy (non-hydrogen) atoms. The van der Waals surface area contributed by atoms with Crippen LogP contribution < -0.4 is 5.32 Å². The van der Waals surface area contributed by atoms with Gasteiger partial charge < -0.3 is 5.32 Å². The van der Waals surface area contributed by atoms with Crippen LogP contribution >= 0.6 is 0 Å². The fraction of sp³-hybridized carbons (Fsp3) is 0.588. The molecule has 1 unspecified atom stereocenters. The van der Waals surface area contributed by atoms with Crippen molar-refractivity contribution in [2.75, 3.05) is 33.7 Å². The van der Waals surface area contributed by atoms with Gasteiger partial charge in [-0.15, -0.1) is 0 Å². The minimum atomic E-state index is -3.44. The third-order valence-electron chi connectivity index (χ3n) is 4.33. The molecule has 6 nitrogen and oxygen atoms in total. The van der Waals surface area contributed by atoms with Crippen LogP contribution in [-0.2, 0) is 21.4 Å². The summed E-state index contributed by atoms with van der Waals surface area (Å²) in [6.45, 7) is 1.37. The molecule has 1 fully saturated rings. The van der Waals surface area contributed by atoms with Crippen molar-refractivity contribution in [3.63, 3.8) is 0 Å². The first-order valence-electron chi connectivity index (χ1n) is 8.40. The smallest absolute Gasteiger partial charge is 0.281 e. The van der Waals surface area contributed by atoms with E-state index in [1.165, 1.54) is 28.3 Å². The van der Waals surface area contributed by atoms with Crippen LogP contribution in [0.2, 0.25) is 0 Å². The normalized spacial score (nSPS) is 19.4. The lowest BCUT2D eigenvalue weighted by Crippen LogP contribution is -2.48. The van der Waals surface area contributed by atoms with Gasteiger partial charge in [0.05, 0.1) is 5.92 Å². The molecular weight excluding hydrogens is 326 g/mol. The molecule has 1 saturated heterocycles. The minimum absolute atomic E-state index is 0.0401. The van der Waals surface area contributed by atoms with E-state index >= 15 is 0 Å². The number of hydrogen-bond acceptors (Lipinski definition) is 3. The van der Waals surface area contributed by atoms with Crippen LogP contribution in [0.15, 0.2) is 30.3 Å². The first kappa shape index (κ1) is 18.9. The number of piperidine rings is 1. The van der Waals surface area contributed by atoms with E-state index in [-0.39, 0.29) is 18.4 Å². The molecule has 1 aliphatic heterocycles. The molecular formula is C17H27N3O3S. The van der Waals surface area contributed by atoms with Gasteiger partial charge in [0.25, 0.3) is 10.2 Å². The highest BCUT2D eigenvalue weighted by atomic mass is 32.2. The number of nitrogens with zero attached hydrogens (tertiary/aromatic N) is 2. The highest BCUT2D eigenvalue weighted by molar-refractivity contribution is 7.86. The molecule has 1 amide bonds. The summed E-state index contributed by atoms with van der Waals surface area (Å²) in [5.41, 5.74) is 1.26. The van der Waals surface area contributed by atoms with E-state index in [1.807, 2.05) is 18.2 Å². The SMILES string of the molecule is CN(C)S(=O)(=O)N1CCCC(C(=O)NCCCc2ccccc2)C1. The monoisotopic (exact) mass is 353 g/mol. The van der Waals surface area contributed by atoms with Crippen LogP contribution in [0.25, 0.3) is 0 Å². The Balaban J connectivity index is 1.78. The number of aryl methyl sites for hydroxylation is 1. The van der Waals surface area contributed by atoms with E-state index in [1.54, 1.807) is 0 Å². The highest BCUT2D eigenvalue weighted by Crippen LogP contribution is 2.20. The molecule has 7 heteroatoms. The van der Waals surface area contributed by atoms with Gasteiger partial charge in [0.1, 0.15) is 0 Å². The lowest BCUT2D eigenvalue weighted by molar-refractivity contribution is -0.126. The fourth-order valence-electron chi connectivity index (χ4n) is 2.89. The van der Waals surface area contributed by atoms with Gasteiger partial charge in [-0.3, -0.25) is 4.79 Å². The van der Waals surface area contributed by atoms with Crippen LogP contribution in [-0.4, -0.2) is 56.7 Å². The third-order valence-corrected chi connectivity index (χ3v) is 6.23. The van der Waals surface area contributed by atoms with Crippen molar-refractivity contribution in [2.24, 2.45) is 5.92 Å². The van der Waals surface area contributed by atoms with E-state index in [4.69, 9.17) is 0 Å². The summed E-state index contributed by atoms with van der Waals surface area (Å²) in [7, 11) is -0.408. The van der Waals surface area contributed by atoms with Crippen LogP contribution in [0, 0.1) is 5.92 Å². The third kappa shape index (κ3) is 5.03. The molecule has 2 rings (SSSR count). The first-order chi connectivity index (χ1) is 11.4. The maximum Gasteiger partial charge on any atom is 0.281 e. The number of amides is 1. The Labute approximate surface area is 145 Å². The standard InChI is InChI=1S/C17H27N3O3S/c1-19(2)24(22,23)20-13-7-11-16(14-20)17(21)18-12-6-10-15-8-4-3-5-9-15/h3-5,8-9,16H,6-7,10-14H2,1-2H3,(H,18,21). The van der Waals surface area contributed by atoms with Crippen molar-refractivity contribution in [1.82, 2.24) is 13.9 Å². The molecule has 0 radical (unpaired) electrons. The summed E-state index contributed by atoms with van der Waals surface area (Å²) in [6, 6.07) is 10.2. The van der Waals surface area contributed by atoms with Crippen molar-refractivity contribution < 1.29 is 13.2 Å². The number of benzene rings is 1. The Morgan fingerprint density at radius 3 is 2.67 bits per heavy atom. The van der Waals surface area contributed by atoms with Gasteiger partial charge in [-0.2, -0.15) is 17.0 Å². The second-order valence-electron chi connectivity index (χ2n) is 6.37. The van der Waals surface area contributed by atoms with Gasteiger partial charge in [-0.05, 0) is 31.2 Å². The Bertz CT molecular complexity index is 632. The lowest BCUT2D eigenvalue weighted by atomic mass is 9.99. The second kappa shape index (κ2) is 8.60. The van der Waals surface area contributed by atoms with Crippen molar-refractivity contribution in [2.45, 2.75) is 25.7 Å². The molecule has 134 valence electrons. The van der Waals surface area contributed by atoms with Crippen LogP contribution in [0.4, 0.5) is 0 Å². The lowest BCUT2D eigenvalue weighted by Gasteiger charge is -2.32. The number of rotatable bonds is 7. The average Bonchev–Trinajstić information content (AvgIpc) is 2.59. The molecule has 0 saturated carbocycles. The molecule has 0 bridgehead atoms. The predicted molar refractivity (Wildman–Crippen MR) is 94.7 cm³/mol. The Hall–Kier alpha value is -1.44. The van der Waals surface area contributed by atoms with Crippen LogP contribution in [0.3, 0.4) is 0 Å². The summed E-state index contributed by atoms with van der Waals surface area (Å²) < 4.78 is 27.0. The van der Waals surface area contributed by atoms with E-state index in [9.17, 15) is 13.2 Å². The molecule has 1 aromatic carbocycles. The van der Waals surface area contributed by atoms with E-state index in [2.05, 4.69) is 17.4 Å². The maximum atomic E-state index is 12.3. The first-order valence-corrected chi connectivity index (χ1v) is 9.80. The van der Waals surface area contributed by atoms with Crippen LogP contribution in [0.5, 0.6) is 0 Å². The fourth-order valence-corrected chi connectivity index (χ4v) is 4.08. The number of hydrogen-bond donors (Lipinski definition) is 1. The summed E-state index contributed by atoms with van der Waals surface area (Å²) in [4.78, 5) is 12.3. The maximum absolute atomic E-state index is 12.3. The Kier molecular flexibility index (Phi) is 6.77. The Morgan fingerprint density at radius 1 is 1.29 bits per heavy atom. The molecule has 0 aliphatic carbocycles. The molecule has 1 aliphatic rings. The van der Waals surface area contributed by atoms with E-state index in [0.29, 0.717) is 13.1 Å². The van der Waals surface area contributed by atoms with Crippen LogP contribution in [0.1, 0.15) is 24.8 Å². The van der Waals surface area contributed by atoms with Crippen molar-refractivity contribution in [3.8, 4) is 0 Å². The largest absolute Gasteiger partial charge is 0.356 e. The topological polar surface area (TPSA) is 69.7 Å². The van der Waals surface area contributed by atoms with Crippen molar-refractivity contribution in [3.05, 3.63) is 35.9 Å². The number of carbonyl (C=O) groups excluding carboxylic acids is 1. The average molecular weight is 353 g/mol. The zero-order valence-electron chi connectivity index (χ0n) is 14.4. The Morgan fingerprint density at radius 2 is 2.00 bits per heavy atom. The molecule has 0 spiro atoms. The summed E-state index contributed by atoms with van der Waals surface area (Å²) in [6.07, 6.45) is 3.26. The number of nitrogens with one attached hydrogen (secondary N) is 1. The van der Waals surface area contributed by atoms with Gasteiger partial charge in [-0.25, -0.2) is 0 Å². The minimum Gasteiger partial charge on any atom is -0.356 e. The molecule has 1 aromatic rings. The van der Waals surface area contributed by atoms with E-state index in [0.717, 1.165) is 25.7 Å².